The molecular weight excluding hydrogens is 300 g/mol. The van der Waals surface area contributed by atoms with Crippen molar-refractivity contribution in [1.82, 2.24) is 0 Å². The topological polar surface area (TPSA) is 96.0 Å². The van der Waals surface area contributed by atoms with Crippen LogP contribution >= 0.6 is 0 Å². The highest BCUT2D eigenvalue weighted by Gasteiger charge is 2.19. The average Bonchev–Trinajstić information content (AvgIpc) is 2.43. The lowest BCUT2D eigenvalue weighted by molar-refractivity contribution is 0.583. The number of hydrogen-bond acceptors (Lipinski definition) is 4. The third kappa shape index (κ3) is 3.09. The van der Waals surface area contributed by atoms with Crippen LogP contribution in [0.4, 0.5) is 20.2 Å². The fourth-order valence-electron chi connectivity index (χ4n) is 1.63. The molecule has 0 heterocycles. The number of nitrogens with zero attached hydrogens (tertiary/aromatic N) is 1. The molecule has 0 aliphatic heterocycles. The molecule has 0 aliphatic rings. The highest BCUT2D eigenvalue weighted by atomic mass is 32.2. The molecule has 0 aromatic heterocycles. The molecule has 0 amide bonds. The van der Waals surface area contributed by atoms with Crippen LogP contribution < -0.4 is 10.5 Å². The van der Waals surface area contributed by atoms with Gasteiger partial charge in [0.05, 0.1) is 22.2 Å². The number of nitriles is 1. The Hall–Kier alpha value is -2.66. The summed E-state index contributed by atoms with van der Waals surface area (Å²) in [6, 6.07) is 8.26. The van der Waals surface area contributed by atoms with E-state index in [-0.39, 0.29) is 16.1 Å². The first-order chi connectivity index (χ1) is 9.83. The SMILES string of the molecule is N#Cc1cccc(S(=O)(=O)Nc2c(N)cc(F)cc2F)c1. The second kappa shape index (κ2) is 5.38. The zero-order chi connectivity index (χ0) is 15.6. The third-order valence-corrected chi connectivity index (χ3v) is 3.94. The molecule has 21 heavy (non-hydrogen) atoms. The van der Waals surface area contributed by atoms with Crippen LogP contribution in [0.3, 0.4) is 0 Å². The normalized spacial score (nSPS) is 10.9. The molecule has 0 fully saturated rings. The first-order valence-corrected chi connectivity index (χ1v) is 7.09. The van der Waals surface area contributed by atoms with E-state index < -0.39 is 27.3 Å². The van der Waals surface area contributed by atoms with E-state index in [0.717, 1.165) is 12.1 Å². The third-order valence-electron chi connectivity index (χ3n) is 2.60. The van der Waals surface area contributed by atoms with Crippen molar-refractivity contribution in [1.29, 1.82) is 5.26 Å². The minimum absolute atomic E-state index is 0.130. The van der Waals surface area contributed by atoms with E-state index in [1.54, 1.807) is 6.07 Å². The number of anilines is 2. The van der Waals surface area contributed by atoms with Gasteiger partial charge < -0.3 is 5.73 Å². The van der Waals surface area contributed by atoms with Gasteiger partial charge in [-0.1, -0.05) is 6.07 Å². The maximum absolute atomic E-state index is 13.6. The second-order valence-corrected chi connectivity index (χ2v) is 5.78. The lowest BCUT2D eigenvalue weighted by Gasteiger charge is -2.11. The van der Waals surface area contributed by atoms with Gasteiger partial charge in [0, 0.05) is 6.07 Å². The molecule has 5 nitrogen and oxygen atoms in total. The number of nitrogens with one attached hydrogen (secondary N) is 1. The predicted molar refractivity (Wildman–Crippen MR) is 72.7 cm³/mol. The van der Waals surface area contributed by atoms with Crippen LogP contribution in [0.1, 0.15) is 5.56 Å². The number of benzene rings is 2. The molecule has 0 unspecified atom stereocenters. The van der Waals surface area contributed by atoms with Crippen LogP contribution in [0, 0.1) is 23.0 Å². The lowest BCUT2D eigenvalue weighted by Crippen LogP contribution is -2.15. The van der Waals surface area contributed by atoms with Gasteiger partial charge in [0.25, 0.3) is 10.0 Å². The van der Waals surface area contributed by atoms with Gasteiger partial charge in [0.15, 0.2) is 5.82 Å². The van der Waals surface area contributed by atoms with E-state index in [1.165, 1.54) is 18.2 Å². The molecule has 0 saturated carbocycles. The van der Waals surface area contributed by atoms with Gasteiger partial charge in [0.2, 0.25) is 0 Å². The first-order valence-electron chi connectivity index (χ1n) is 5.61. The van der Waals surface area contributed by atoms with E-state index >= 15 is 0 Å². The zero-order valence-corrected chi connectivity index (χ0v) is 11.3. The summed E-state index contributed by atoms with van der Waals surface area (Å²) in [6.07, 6.45) is 0. The summed E-state index contributed by atoms with van der Waals surface area (Å²) in [6.45, 7) is 0. The standard InChI is InChI=1S/C13H9F2N3O2S/c14-9-5-11(15)13(12(17)6-9)18-21(19,20)10-3-1-2-8(4-10)7-16/h1-6,18H,17H2. The molecule has 0 bridgehead atoms. The van der Waals surface area contributed by atoms with E-state index in [0.29, 0.717) is 6.07 Å². The largest absolute Gasteiger partial charge is 0.397 e. The predicted octanol–water partition coefficient (Wildman–Crippen LogP) is 2.22. The Kier molecular flexibility index (Phi) is 3.78. The monoisotopic (exact) mass is 309 g/mol. The first kappa shape index (κ1) is 14.7. The maximum atomic E-state index is 13.6. The van der Waals surface area contributed by atoms with Gasteiger partial charge >= 0.3 is 0 Å². The molecule has 0 aliphatic carbocycles. The highest BCUT2D eigenvalue weighted by Crippen LogP contribution is 2.26. The second-order valence-electron chi connectivity index (χ2n) is 4.10. The number of nitrogens with two attached hydrogens (primary N) is 1. The van der Waals surface area contributed by atoms with E-state index in [4.69, 9.17) is 11.0 Å². The fraction of sp³-hybridized carbons (Fsp3) is 0. The summed E-state index contributed by atoms with van der Waals surface area (Å²) in [5, 5.41) is 8.75. The van der Waals surface area contributed by atoms with E-state index in [1.807, 2.05) is 4.72 Å². The van der Waals surface area contributed by atoms with Crippen molar-refractivity contribution in [3.63, 3.8) is 0 Å². The van der Waals surface area contributed by atoms with Gasteiger partial charge in [-0.25, -0.2) is 17.2 Å². The smallest absolute Gasteiger partial charge is 0.262 e. The zero-order valence-electron chi connectivity index (χ0n) is 10.5. The Morgan fingerprint density at radius 2 is 1.90 bits per heavy atom. The summed E-state index contributed by atoms with van der Waals surface area (Å²) >= 11 is 0. The van der Waals surface area contributed by atoms with Crippen LogP contribution in [0.25, 0.3) is 0 Å². The molecule has 2 rings (SSSR count). The quantitative estimate of drug-likeness (QED) is 0.850. The molecular formula is C13H9F2N3O2S. The summed E-state index contributed by atoms with van der Waals surface area (Å²) in [5.74, 6) is -2.05. The summed E-state index contributed by atoms with van der Waals surface area (Å²) in [5.41, 5.74) is 4.61. The summed E-state index contributed by atoms with van der Waals surface area (Å²) < 4.78 is 52.7. The highest BCUT2D eigenvalue weighted by molar-refractivity contribution is 7.92. The van der Waals surface area contributed by atoms with Crippen LogP contribution in [0.2, 0.25) is 0 Å². The molecule has 3 N–H and O–H groups in total. The Balaban J connectivity index is 2.45. The molecule has 0 radical (unpaired) electrons. The molecule has 8 heteroatoms. The van der Waals surface area contributed by atoms with Gasteiger partial charge in [-0.15, -0.1) is 0 Å². The van der Waals surface area contributed by atoms with Crippen molar-refractivity contribution in [2.45, 2.75) is 4.90 Å². The van der Waals surface area contributed by atoms with Crippen LogP contribution in [0.5, 0.6) is 0 Å². The number of nitrogen functional groups attached to an aromatic ring is 1. The van der Waals surface area contributed by atoms with Crippen molar-refractivity contribution >= 4 is 21.4 Å². The molecule has 2 aromatic carbocycles. The molecule has 0 atom stereocenters. The van der Waals surface area contributed by atoms with Gasteiger partial charge in [0.1, 0.15) is 11.5 Å². The maximum Gasteiger partial charge on any atom is 0.262 e. The van der Waals surface area contributed by atoms with Crippen molar-refractivity contribution in [3.05, 3.63) is 53.6 Å². The minimum Gasteiger partial charge on any atom is -0.397 e. The Morgan fingerprint density at radius 3 is 2.52 bits per heavy atom. The van der Waals surface area contributed by atoms with E-state index in [2.05, 4.69) is 0 Å². The van der Waals surface area contributed by atoms with Crippen LogP contribution in [0.15, 0.2) is 41.3 Å². The Labute approximate surface area is 119 Å². The Bertz CT molecular complexity index is 822. The van der Waals surface area contributed by atoms with Crippen molar-refractivity contribution < 1.29 is 17.2 Å². The summed E-state index contributed by atoms with van der Waals surface area (Å²) in [7, 11) is -4.15. The minimum atomic E-state index is -4.15. The molecule has 2 aromatic rings. The van der Waals surface area contributed by atoms with Crippen LogP contribution in [-0.2, 0) is 10.0 Å². The number of rotatable bonds is 3. The number of hydrogen-bond donors (Lipinski definition) is 2. The summed E-state index contributed by atoms with van der Waals surface area (Å²) in [4.78, 5) is -0.232. The van der Waals surface area contributed by atoms with Gasteiger partial charge in [-0.2, -0.15) is 5.26 Å². The fourth-order valence-corrected chi connectivity index (χ4v) is 2.77. The molecule has 0 saturated heterocycles. The van der Waals surface area contributed by atoms with E-state index in [9.17, 15) is 17.2 Å². The van der Waals surface area contributed by atoms with Gasteiger partial charge in [-0.05, 0) is 24.3 Å². The van der Waals surface area contributed by atoms with Crippen molar-refractivity contribution in [2.24, 2.45) is 0 Å². The Morgan fingerprint density at radius 1 is 1.19 bits per heavy atom. The lowest BCUT2D eigenvalue weighted by atomic mass is 10.2. The molecule has 108 valence electrons. The van der Waals surface area contributed by atoms with Crippen molar-refractivity contribution in [2.75, 3.05) is 10.5 Å². The number of halogens is 2. The number of sulfonamides is 1. The van der Waals surface area contributed by atoms with Crippen LogP contribution in [-0.4, -0.2) is 8.42 Å². The van der Waals surface area contributed by atoms with Crippen molar-refractivity contribution in [3.8, 4) is 6.07 Å². The van der Waals surface area contributed by atoms with Gasteiger partial charge in [-0.3, -0.25) is 4.72 Å². The average molecular weight is 309 g/mol. The molecule has 0 spiro atoms.